The zero-order valence-corrected chi connectivity index (χ0v) is 12.2. The Kier molecular flexibility index (Phi) is 4.12. The predicted octanol–water partition coefficient (Wildman–Crippen LogP) is 1.45. The number of piperazine rings is 1. The standard InChI is InChI=1S/C16H22N2O3/c19-13-4-5-14(15(20)9-13)16(21)11-17-7-8-18-6-2-1-3-12(18)10-17/h4-5,9,12,19-20H,1-3,6-8,10-11H2. The minimum absolute atomic E-state index is 0.0279. The van der Waals surface area contributed by atoms with E-state index in [1.54, 1.807) is 0 Å². The molecule has 0 aliphatic carbocycles. The van der Waals surface area contributed by atoms with E-state index in [1.807, 2.05) is 0 Å². The van der Waals surface area contributed by atoms with Gasteiger partial charge >= 0.3 is 0 Å². The molecule has 2 heterocycles. The molecule has 2 saturated heterocycles. The lowest BCUT2D eigenvalue weighted by Crippen LogP contribution is -2.55. The maximum Gasteiger partial charge on any atom is 0.180 e. The number of piperidine rings is 1. The summed E-state index contributed by atoms with van der Waals surface area (Å²) in [5, 5.41) is 19.1. The third-order valence-corrected chi connectivity index (χ3v) is 4.57. The summed E-state index contributed by atoms with van der Waals surface area (Å²) in [6.07, 6.45) is 3.79. The Bertz CT molecular complexity index is 532. The van der Waals surface area contributed by atoms with E-state index >= 15 is 0 Å². The van der Waals surface area contributed by atoms with Gasteiger partial charge in [-0.15, -0.1) is 0 Å². The zero-order chi connectivity index (χ0) is 14.8. The Morgan fingerprint density at radius 3 is 2.86 bits per heavy atom. The van der Waals surface area contributed by atoms with E-state index in [0.29, 0.717) is 18.2 Å². The number of fused-ring (bicyclic) bond motifs is 1. The molecule has 21 heavy (non-hydrogen) atoms. The summed E-state index contributed by atoms with van der Waals surface area (Å²) < 4.78 is 0. The Morgan fingerprint density at radius 1 is 1.19 bits per heavy atom. The predicted molar refractivity (Wildman–Crippen MR) is 79.8 cm³/mol. The molecule has 2 N–H and O–H groups in total. The number of Topliss-reactive ketones (excluding diaryl/α,β-unsaturated/α-hetero) is 1. The van der Waals surface area contributed by atoms with Crippen LogP contribution in [-0.2, 0) is 0 Å². The molecule has 0 radical (unpaired) electrons. The molecule has 1 aromatic carbocycles. The topological polar surface area (TPSA) is 64.0 Å². The first-order valence-electron chi connectivity index (χ1n) is 7.65. The van der Waals surface area contributed by atoms with Crippen LogP contribution in [0.25, 0.3) is 0 Å². The van der Waals surface area contributed by atoms with E-state index in [0.717, 1.165) is 19.6 Å². The third kappa shape index (κ3) is 3.19. The fraction of sp³-hybridized carbons (Fsp3) is 0.562. The van der Waals surface area contributed by atoms with Gasteiger partial charge in [-0.05, 0) is 31.5 Å². The van der Waals surface area contributed by atoms with Gasteiger partial charge in [-0.25, -0.2) is 0 Å². The molecule has 0 amide bonds. The Hall–Kier alpha value is -1.59. The van der Waals surface area contributed by atoms with Gasteiger partial charge in [0.1, 0.15) is 11.5 Å². The lowest BCUT2D eigenvalue weighted by atomic mass is 9.99. The highest BCUT2D eigenvalue weighted by Crippen LogP contribution is 2.24. The molecule has 3 rings (SSSR count). The summed E-state index contributed by atoms with van der Waals surface area (Å²) in [6.45, 7) is 4.39. The van der Waals surface area contributed by atoms with Crippen molar-refractivity contribution in [3.63, 3.8) is 0 Å². The van der Waals surface area contributed by atoms with Gasteiger partial charge in [0.05, 0.1) is 12.1 Å². The van der Waals surface area contributed by atoms with Crippen LogP contribution < -0.4 is 0 Å². The van der Waals surface area contributed by atoms with E-state index in [2.05, 4.69) is 9.80 Å². The number of hydrogen-bond acceptors (Lipinski definition) is 5. The molecule has 2 aliphatic rings. The Labute approximate surface area is 124 Å². The van der Waals surface area contributed by atoms with Gasteiger partial charge in [0.2, 0.25) is 0 Å². The first-order chi connectivity index (χ1) is 10.1. The third-order valence-electron chi connectivity index (χ3n) is 4.57. The summed E-state index contributed by atoms with van der Waals surface area (Å²) in [7, 11) is 0. The van der Waals surface area contributed by atoms with E-state index in [-0.39, 0.29) is 17.3 Å². The smallest absolute Gasteiger partial charge is 0.180 e. The minimum atomic E-state index is -0.142. The fourth-order valence-corrected chi connectivity index (χ4v) is 3.41. The van der Waals surface area contributed by atoms with Crippen LogP contribution in [0.4, 0.5) is 0 Å². The summed E-state index contributed by atoms with van der Waals surface area (Å²) in [5.74, 6) is -0.257. The highest BCUT2D eigenvalue weighted by molar-refractivity contribution is 6.00. The van der Waals surface area contributed by atoms with Crippen molar-refractivity contribution >= 4 is 5.78 Å². The molecule has 1 atom stereocenters. The molecule has 5 nitrogen and oxygen atoms in total. The largest absolute Gasteiger partial charge is 0.508 e. The number of phenolic OH excluding ortho intramolecular Hbond substituents is 2. The van der Waals surface area contributed by atoms with Gasteiger partial charge in [0, 0.05) is 31.7 Å². The van der Waals surface area contributed by atoms with Crippen LogP contribution in [0.2, 0.25) is 0 Å². The number of ketones is 1. The summed E-state index contributed by atoms with van der Waals surface area (Å²) in [5.41, 5.74) is 0.291. The molecule has 1 unspecified atom stereocenters. The van der Waals surface area contributed by atoms with Gasteiger partial charge in [0.15, 0.2) is 5.78 Å². The number of rotatable bonds is 3. The zero-order valence-electron chi connectivity index (χ0n) is 12.2. The number of benzene rings is 1. The van der Waals surface area contributed by atoms with E-state index in [4.69, 9.17) is 0 Å². The first-order valence-corrected chi connectivity index (χ1v) is 7.65. The number of hydrogen-bond donors (Lipinski definition) is 2. The van der Waals surface area contributed by atoms with Crippen molar-refractivity contribution in [1.82, 2.24) is 9.80 Å². The maximum absolute atomic E-state index is 12.3. The maximum atomic E-state index is 12.3. The van der Waals surface area contributed by atoms with Gasteiger partial charge in [-0.2, -0.15) is 0 Å². The lowest BCUT2D eigenvalue weighted by Gasteiger charge is -2.43. The molecule has 0 aromatic heterocycles. The second-order valence-corrected chi connectivity index (χ2v) is 6.05. The van der Waals surface area contributed by atoms with E-state index in [1.165, 1.54) is 44.0 Å². The number of phenols is 2. The number of carbonyl (C=O) groups is 1. The van der Waals surface area contributed by atoms with Crippen LogP contribution in [0, 0.1) is 0 Å². The second kappa shape index (κ2) is 6.03. The molecular weight excluding hydrogens is 268 g/mol. The van der Waals surface area contributed by atoms with Crippen LogP contribution in [0.1, 0.15) is 29.6 Å². The van der Waals surface area contributed by atoms with Crippen molar-refractivity contribution in [2.24, 2.45) is 0 Å². The van der Waals surface area contributed by atoms with Crippen molar-refractivity contribution in [3.05, 3.63) is 23.8 Å². The van der Waals surface area contributed by atoms with Gasteiger partial charge < -0.3 is 10.2 Å². The molecular formula is C16H22N2O3. The van der Waals surface area contributed by atoms with Crippen LogP contribution >= 0.6 is 0 Å². The van der Waals surface area contributed by atoms with Crippen molar-refractivity contribution < 1.29 is 15.0 Å². The average Bonchev–Trinajstić information content (AvgIpc) is 2.47. The molecule has 0 bridgehead atoms. The van der Waals surface area contributed by atoms with Crippen LogP contribution in [0.5, 0.6) is 11.5 Å². The van der Waals surface area contributed by atoms with Gasteiger partial charge in [-0.3, -0.25) is 14.6 Å². The number of carbonyl (C=O) groups excluding carboxylic acids is 1. The van der Waals surface area contributed by atoms with Crippen molar-refractivity contribution in [2.75, 3.05) is 32.7 Å². The minimum Gasteiger partial charge on any atom is -0.508 e. The molecule has 1 aromatic rings. The molecule has 2 fully saturated rings. The molecule has 5 heteroatoms. The monoisotopic (exact) mass is 290 g/mol. The number of aromatic hydroxyl groups is 2. The van der Waals surface area contributed by atoms with Gasteiger partial charge in [0.25, 0.3) is 0 Å². The van der Waals surface area contributed by atoms with Crippen molar-refractivity contribution in [3.8, 4) is 11.5 Å². The SMILES string of the molecule is O=C(CN1CCN2CCCCC2C1)c1ccc(O)cc1O. The summed E-state index contributed by atoms with van der Waals surface area (Å²) in [6, 6.07) is 4.72. The Balaban J connectivity index is 1.62. The fourth-order valence-electron chi connectivity index (χ4n) is 3.41. The number of nitrogens with zero attached hydrogens (tertiary/aromatic N) is 2. The van der Waals surface area contributed by atoms with E-state index in [9.17, 15) is 15.0 Å². The molecule has 2 aliphatic heterocycles. The van der Waals surface area contributed by atoms with Crippen LogP contribution in [-0.4, -0.2) is 64.6 Å². The quantitative estimate of drug-likeness (QED) is 0.825. The van der Waals surface area contributed by atoms with Crippen LogP contribution in [0.3, 0.4) is 0 Å². The summed E-state index contributed by atoms with van der Waals surface area (Å²) in [4.78, 5) is 17.0. The average molecular weight is 290 g/mol. The molecule has 114 valence electrons. The van der Waals surface area contributed by atoms with Crippen LogP contribution in [0.15, 0.2) is 18.2 Å². The van der Waals surface area contributed by atoms with E-state index < -0.39 is 0 Å². The highest BCUT2D eigenvalue weighted by atomic mass is 16.3. The van der Waals surface area contributed by atoms with Crippen molar-refractivity contribution in [2.45, 2.75) is 25.3 Å². The summed E-state index contributed by atoms with van der Waals surface area (Å²) >= 11 is 0. The molecule has 0 saturated carbocycles. The van der Waals surface area contributed by atoms with Gasteiger partial charge in [-0.1, -0.05) is 6.42 Å². The normalized spacial score (nSPS) is 23.7. The Morgan fingerprint density at radius 2 is 2.05 bits per heavy atom. The first kappa shape index (κ1) is 14.4. The highest BCUT2D eigenvalue weighted by Gasteiger charge is 2.29. The second-order valence-electron chi connectivity index (χ2n) is 6.05. The molecule has 0 spiro atoms. The lowest BCUT2D eigenvalue weighted by molar-refractivity contribution is 0.0469. The van der Waals surface area contributed by atoms with Crippen molar-refractivity contribution in [1.29, 1.82) is 0 Å².